The van der Waals surface area contributed by atoms with Crippen molar-refractivity contribution < 1.29 is 14.6 Å². The number of aryl methyl sites for hydroxylation is 2. The minimum Gasteiger partial charge on any atom is -0.508 e. The Morgan fingerprint density at radius 2 is 2.21 bits per heavy atom. The van der Waals surface area contributed by atoms with Crippen LogP contribution in [0.15, 0.2) is 12.1 Å². The van der Waals surface area contributed by atoms with Gasteiger partial charge in [-0.25, -0.2) is 0 Å². The van der Waals surface area contributed by atoms with Crippen molar-refractivity contribution in [1.29, 1.82) is 0 Å². The van der Waals surface area contributed by atoms with Gasteiger partial charge in [-0.05, 0) is 36.6 Å². The zero-order valence-corrected chi connectivity index (χ0v) is 8.41. The van der Waals surface area contributed by atoms with E-state index in [9.17, 15) is 9.90 Å². The summed E-state index contributed by atoms with van der Waals surface area (Å²) in [7, 11) is 1.58. The van der Waals surface area contributed by atoms with E-state index in [1.807, 2.05) is 0 Å². The van der Waals surface area contributed by atoms with Crippen molar-refractivity contribution in [2.75, 3.05) is 7.11 Å². The van der Waals surface area contributed by atoms with Crippen LogP contribution in [0.25, 0.3) is 0 Å². The van der Waals surface area contributed by atoms with Crippen LogP contribution in [-0.2, 0) is 11.2 Å². The summed E-state index contributed by atoms with van der Waals surface area (Å²) in [5, 5.41) is 9.48. The fraction of sp³-hybridized carbons (Fsp3) is 0.364. The van der Waals surface area contributed by atoms with Crippen LogP contribution in [0.5, 0.6) is 11.5 Å². The summed E-state index contributed by atoms with van der Waals surface area (Å²) in [5.41, 5.74) is 1.64. The normalized spacial score (nSPS) is 9.86. The Labute approximate surface area is 83.3 Å². The molecule has 3 heteroatoms. The van der Waals surface area contributed by atoms with Gasteiger partial charge in [-0.15, -0.1) is 0 Å². The second-order valence-electron chi connectivity index (χ2n) is 3.16. The summed E-state index contributed by atoms with van der Waals surface area (Å²) in [5.74, 6) is 0.967. The van der Waals surface area contributed by atoms with Gasteiger partial charge in [0.15, 0.2) is 0 Å². The van der Waals surface area contributed by atoms with Crippen LogP contribution in [0, 0.1) is 6.92 Å². The first-order valence-electron chi connectivity index (χ1n) is 4.49. The van der Waals surface area contributed by atoms with E-state index >= 15 is 0 Å². The van der Waals surface area contributed by atoms with Gasteiger partial charge in [0.1, 0.15) is 17.8 Å². The molecule has 0 saturated carbocycles. The van der Waals surface area contributed by atoms with Gasteiger partial charge >= 0.3 is 0 Å². The fourth-order valence-corrected chi connectivity index (χ4v) is 1.31. The van der Waals surface area contributed by atoms with Crippen molar-refractivity contribution in [2.24, 2.45) is 0 Å². The third-order valence-corrected chi connectivity index (χ3v) is 2.13. The van der Waals surface area contributed by atoms with E-state index in [1.54, 1.807) is 26.2 Å². The average Bonchev–Trinajstić information content (AvgIpc) is 2.19. The monoisotopic (exact) mass is 194 g/mol. The van der Waals surface area contributed by atoms with Crippen molar-refractivity contribution in [3.63, 3.8) is 0 Å². The number of aromatic hydroxyl groups is 1. The van der Waals surface area contributed by atoms with Crippen molar-refractivity contribution in [3.8, 4) is 11.5 Å². The number of phenolic OH excluding ortho intramolecular Hbond substituents is 1. The quantitative estimate of drug-likeness (QED) is 0.744. The molecule has 1 rings (SSSR count). The second-order valence-corrected chi connectivity index (χ2v) is 3.16. The molecule has 1 aromatic carbocycles. The molecule has 1 N–H and O–H groups in total. The Balaban J connectivity index is 3.00. The molecule has 0 unspecified atom stereocenters. The van der Waals surface area contributed by atoms with Crippen LogP contribution in [0.4, 0.5) is 0 Å². The number of ether oxygens (including phenoxy) is 1. The maximum Gasteiger partial charge on any atom is 0.122 e. The van der Waals surface area contributed by atoms with Gasteiger partial charge in [0, 0.05) is 6.42 Å². The first kappa shape index (κ1) is 10.6. The Kier molecular flexibility index (Phi) is 3.51. The highest BCUT2D eigenvalue weighted by Gasteiger charge is 2.06. The van der Waals surface area contributed by atoms with Gasteiger partial charge in [0.25, 0.3) is 0 Å². The number of rotatable bonds is 4. The highest BCUT2D eigenvalue weighted by molar-refractivity contribution is 5.52. The number of carbonyl (C=O) groups excluding carboxylic acids is 1. The second kappa shape index (κ2) is 4.65. The van der Waals surface area contributed by atoms with Gasteiger partial charge in [0.05, 0.1) is 7.11 Å². The molecule has 0 aliphatic carbocycles. The standard InChI is InChI=1S/C11H14O3/c1-8-6-11(14-2)9(4-3-5-12)7-10(8)13/h5-7,13H,3-4H2,1-2H3. The van der Waals surface area contributed by atoms with Gasteiger partial charge in [0.2, 0.25) is 0 Å². The van der Waals surface area contributed by atoms with Gasteiger partial charge < -0.3 is 14.6 Å². The lowest BCUT2D eigenvalue weighted by molar-refractivity contribution is -0.107. The van der Waals surface area contributed by atoms with Crippen LogP contribution in [0.3, 0.4) is 0 Å². The maximum atomic E-state index is 10.2. The van der Waals surface area contributed by atoms with Crippen molar-refractivity contribution in [3.05, 3.63) is 23.3 Å². The molecule has 0 spiro atoms. The summed E-state index contributed by atoms with van der Waals surface area (Å²) in [4.78, 5) is 10.2. The smallest absolute Gasteiger partial charge is 0.122 e. The van der Waals surface area contributed by atoms with E-state index in [-0.39, 0.29) is 5.75 Å². The molecular formula is C11H14O3. The molecule has 0 bridgehead atoms. The first-order chi connectivity index (χ1) is 6.69. The Morgan fingerprint density at radius 3 is 2.79 bits per heavy atom. The number of phenols is 1. The number of carbonyl (C=O) groups is 1. The van der Waals surface area contributed by atoms with E-state index in [0.29, 0.717) is 12.8 Å². The Bertz CT molecular complexity index is 332. The Morgan fingerprint density at radius 1 is 1.50 bits per heavy atom. The minimum absolute atomic E-state index is 0.242. The third-order valence-electron chi connectivity index (χ3n) is 2.13. The fourth-order valence-electron chi connectivity index (χ4n) is 1.31. The lowest BCUT2D eigenvalue weighted by Crippen LogP contribution is -1.94. The molecule has 0 aliphatic heterocycles. The SMILES string of the molecule is COc1cc(C)c(O)cc1CCC=O. The number of methoxy groups -OCH3 is 1. The molecule has 0 amide bonds. The van der Waals surface area contributed by atoms with E-state index < -0.39 is 0 Å². The number of benzene rings is 1. The summed E-state index contributed by atoms with van der Waals surface area (Å²) in [6.07, 6.45) is 1.90. The molecule has 76 valence electrons. The highest BCUT2D eigenvalue weighted by Crippen LogP contribution is 2.27. The van der Waals surface area contributed by atoms with Crippen molar-refractivity contribution in [2.45, 2.75) is 19.8 Å². The number of aldehydes is 1. The van der Waals surface area contributed by atoms with E-state index in [4.69, 9.17) is 4.74 Å². The van der Waals surface area contributed by atoms with E-state index in [2.05, 4.69) is 0 Å². The van der Waals surface area contributed by atoms with E-state index in [0.717, 1.165) is 23.2 Å². The average molecular weight is 194 g/mol. The van der Waals surface area contributed by atoms with Gasteiger partial charge in [-0.3, -0.25) is 0 Å². The first-order valence-corrected chi connectivity index (χ1v) is 4.49. The highest BCUT2D eigenvalue weighted by atomic mass is 16.5. The van der Waals surface area contributed by atoms with Crippen molar-refractivity contribution >= 4 is 6.29 Å². The predicted octanol–water partition coefficient (Wildman–Crippen LogP) is 1.84. The van der Waals surface area contributed by atoms with Crippen molar-refractivity contribution in [1.82, 2.24) is 0 Å². The van der Waals surface area contributed by atoms with Crippen LogP contribution in [0.1, 0.15) is 17.5 Å². The predicted molar refractivity (Wildman–Crippen MR) is 53.8 cm³/mol. The molecule has 0 aliphatic rings. The summed E-state index contributed by atoms with van der Waals surface area (Å²) in [6.45, 7) is 1.81. The maximum absolute atomic E-state index is 10.2. The third kappa shape index (κ3) is 2.25. The number of hydrogen-bond donors (Lipinski definition) is 1. The topological polar surface area (TPSA) is 46.5 Å². The summed E-state index contributed by atoms with van der Waals surface area (Å²) in [6, 6.07) is 3.42. The lowest BCUT2D eigenvalue weighted by atomic mass is 10.1. The summed E-state index contributed by atoms with van der Waals surface area (Å²) >= 11 is 0. The number of hydrogen-bond acceptors (Lipinski definition) is 3. The van der Waals surface area contributed by atoms with E-state index in [1.165, 1.54) is 0 Å². The Hall–Kier alpha value is -1.51. The van der Waals surface area contributed by atoms with Gasteiger partial charge in [-0.1, -0.05) is 0 Å². The van der Waals surface area contributed by atoms with Gasteiger partial charge in [-0.2, -0.15) is 0 Å². The molecule has 0 radical (unpaired) electrons. The van der Waals surface area contributed by atoms with Crippen LogP contribution in [-0.4, -0.2) is 18.5 Å². The molecule has 0 saturated heterocycles. The zero-order valence-electron chi connectivity index (χ0n) is 8.41. The molecule has 0 heterocycles. The van der Waals surface area contributed by atoms with Crippen LogP contribution >= 0.6 is 0 Å². The molecule has 0 fully saturated rings. The molecular weight excluding hydrogens is 180 g/mol. The molecule has 14 heavy (non-hydrogen) atoms. The minimum atomic E-state index is 0.242. The lowest BCUT2D eigenvalue weighted by Gasteiger charge is -2.09. The molecule has 1 aromatic rings. The summed E-state index contributed by atoms with van der Waals surface area (Å²) < 4.78 is 5.15. The largest absolute Gasteiger partial charge is 0.508 e. The zero-order chi connectivity index (χ0) is 10.6. The van der Waals surface area contributed by atoms with Crippen LogP contribution < -0.4 is 4.74 Å². The molecule has 0 aromatic heterocycles. The molecule has 0 atom stereocenters. The molecule has 3 nitrogen and oxygen atoms in total. The van der Waals surface area contributed by atoms with Crippen LogP contribution in [0.2, 0.25) is 0 Å².